The van der Waals surface area contributed by atoms with E-state index in [1.165, 1.54) is 51.5 Å². The summed E-state index contributed by atoms with van der Waals surface area (Å²) in [6, 6.07) is 28.4. The largest absolute Gasteiger partial charge is 0.285 e. The Hall–Kier alpha value is -3.21. The Labute approximate surface area is 174 Å². The van der Waals surface area contributed by atoms with E-state index >= 15 is 0 Å². The molecule has 0 aliphatic carbocycles. The van der Waals surface area contributed by atoms with Crippen LogP contribution >= 0.6 is 22.7 Å². The lowest BCUT2D eigenvalue weighted by atomic mass is 10.1. The zero-order chi connectivity index (χ0) is 18.9. The lowest BCUT2D eigenvalue weighted by molar-refractivity contribution is 1.15. The summed E-state index contributed by atoms with van der Waals surface area (Å²) in [7, 11) is 0. The topological polar surface area (TPSA) is 17.8 Å². The number of rotatable bonds is 1. The summed E-state index contributed by atoms with van der Waals surface area (Å²) >= 11 is 3.70. The highest BCUT2D eigenvalue weighted by molar-refractivity contribution is 7.26. The monoisotopic (exact) mass is 406 g/mol. The van der Waals surface area contributed by atoms with Crippen molar-refractivity contribution in [3.05, 3.63) is 85.1 Å². The fourth-order valence-corrected chi connectivity index (χ4v) is 6.74. The standard InChI is InChI=1S/C25H14N2S2/c1-3-9-20-16(6-1)19-14-15(11-12-22(19)28-20)27-24-18(8-5-13-26-24)23-17-7-2-4-10-21(17)29-25(23)27/h1-14H. The average molecular weight is 407 g/mol. The Balaban J connectivity index is 1.65. The van der Waals surface area contributed by atoms with Gasteiger partial charge in [0.25, 0.3) is 0 Å². The molecule has 2 nitrogen and oxygen atoms in total. The molecule has 0 fully saturated rings. The minimum atomic E-state index is 1.03. The SMILES string of the molecule is c1ccc2c(c1)sc1ccc(-n3c4ncccc4c4c5ccccc5sc43)cc12. The van der Waals surface area contributed by atoms with E-state index in [1.54, 1.807) is 0 Å². The maximum absolute atomic E-state index is 4.78. The Morgan fingerprint density at radius 2 is 1.34 bits per heavy atom. The molecular weight excluding hydrogens is 392 g/mol. The van der Waals surface area contributed by atoms with Gasteiger partial charge in [0.15, 0.2) is 0 Å². The fourth-order valence-electron chi connectivity index (χ4n) is 4.41. The number of nitrogens with zero attached hydrogens (tertiary/aromatic N) is 2. The molecule has 7 aromatic rings. The molecule has 3 aromatic carbocycles. The van der Waals surface area contributed by atoms with Crippen molar-refractivity contribution in [2.24, 2.45) is 0 Å². The lowest BCUT2D eigenvalue weighted by Gasteiger charge is -2.06. The van der Waals surface area contributed by atoms with Gasteiger partial charge in [0, 0.05) is 52.9 Å². The Morgan fingerprint density at radius 3 is 2.24 bits per heavy atom. The number of hydrogen-bond acceptors (Lipinski definition) is 3. The number of thiophene rings is 2. The number of pyridine rings is 1. The van der Waals surface area contributed by atoms with Crippen molar-refractivity contribution in [1.82, 2.24) is 9.55 Å². The van der Waals surface area contributed by atoms with Crippen LogP contribution in [0.5, 0.6) is 0 Å². The van der Waals surface area contributed by atoms with Gasteiger partial charge in [-0.1, -0.05) is 36.4 Å². The summed E-state index contributed by atoms with van der Waals surface area (Å²) in [4.78, 5) is 6.04. The first-order valence-electron chi connectivity index (χ1n) is 9.57. The average Bonchev–Trinajstić information content (AvgIpc) is 3.41. The van der Waals surface area contributed by atoms with Gasteiger partial charge in [0.05, 0.1) is 0 Å². The van der Waals surface area contributed by atoms with Crippen LogP contribution in [0.2, 0.25) is 0 Å². The molecule has 136 valence electrons. The van der Waals surface area contributed by atoms with Crippen molar-refractivity contribution >= 4 is 74.2 Å². The van der Waals surface area contributed by atoms with Gasteiger partial charge in [0.1, 0.15) is 10.5 Å². The first-order valence-corrected chi connectivity index (χ1v) is 11.2. The van der Waals surface area contributed by atoms with Crippen molar-refractivity contribution in [1.29, 1.82) is 0 Å². The normalized spacial score (nSPS) is 12.1. The minimum absolute atomic E-state index is 1.03. The van der Waals surface area contributed by atoms with Crippen LogP contribution in [0.3, 0.4) is 0 Å². The molecule has 4 aromatic heterocycles. The molecule has 0 aliphatic rings. The van der Waals surface area contributed by atoms with E-state index in [1.807, 2.05) is 34.9 Å². The van der Waals surface area contributed by atoms with Crippen molar-refractivity contribution in [2.45, 2.75) is 0 Å². The van der Waals surface area contributed by atoms with E-state index < -0.39 is 0 Å². The Bertz CT molecular complexity index is 1720. The number of benzene rings is 3. The molecule has 0 unspecified atom stereocenters. The molecule has 0 radical (unpaired) electrons. The van der Waals surface area contributed by atoms with Gasteiger partial charge in [-0.15, -0.1) is 22.7 Å². The number of hydrogen-bond donors (Lipinski definition) is 0. The quantitative estimate of drug-likeness (QED) is 0.272. The van der Waals surface area contributed by atoms with Gasteiger partial charge in [-0.2, -0.15) is 0 Å². The summed E-state index contributed by atoms with van der Waals surface area (Å²) in [5, 5.41) is 6.48. The molecular formula is C25H14N2S2. The summed E-state index contributed by atoms with van der Waals surface area (Å²) in [6.07, 6.45) is 1.89. The molecule has 0 spiro atoms. The summed E-state index contributed by atoms with van der Waals surface area (Å²) in [5.41, 5.74) is 2.20. The third-order valence-corrected chi connectivity index (χ3v) is 7.97. The highest BCUT2D eigenvalue weighted by atomic mass is 32.1. The second-order valence-corrected chi connectivity index (χ2v) is 9.38. The maximum atomic E-state index is 4.78. The van der Waals surface area contributed by atoms with Crippen molar-refractivity contribution < 1.29 is 0 Å². The van der Waals surface area contributed by atoms with Crippen LogP contribution in [-0.4, -0.2) is 9.55 Å². The van der Waals surface area contributed by atoms with Gasteiger partial charge < -0.3 is 0 Å². The van der Waals surface area contributed by atoms with Crippen molar-refractivity contribution in [2.75, 3.05) is 0 Å². The molecule has 4 heteroatoms. The van der Waals surface area contributed by atoms with Crippen LogP contribution in [0.25, 0.3) is 57.2 Å². The second-order valence-electron chi connectivity index (χ2n) is 7.27. The van der Waals surface area contributed by atoms with Crippen molar-refractivity contribution in [3.8, 4) is 5.69 Å². The predicted molar refractivity (Wildman–Crippen MR) is 127 cm³/mol. The number of fused-ring (bicyclic) bond motifs is 8. The molecule has 7 rings (SSSR count). The van der Waals surface area contributed by atoms with Gasteiger partial charge >= 0.3 is 0 Å². The van der Waals surface area contributed by atoms with Gasteiger partial charge in [-0.05, 0) is 42.5 Å². The van der Waals surface area contributed by atoms with Crippen LogP contribution in [0.4, 0.5) is 0 Å². The highest BCUT2D eigenvalue weighted by Gasteiger charge is 2.18. The molecule has 0 amide bonds. The predicted octanol–water partition coefficient (Wildman–Crippen LogP) is 7.76. The van der Waals surface area contributed by atoms with Crippen LogP contribution < -0.4 is 0 Å². The first kappa shape index (κ1) is 15.7. The van der Waals surface area contributed by atoms with E-state index in [-0.39, 0.29) is 0 Å². The fraction of sp³-hybridized carbons (Fsp3) is 0. The van der Waals surface area contributed by atoms with E-state index in [4.69, 9.17) is 4.98 Å². The van der Waals surface area contributed by atoms with Crippen LogP contribution in [0, 0.1) is 0 Å². The van der Waals surface area contributed by atoms with E-state index in [0.717, 1.165) is 5.65 Å². The highest BCUT2D eigenvalue weighted by Crippen LogP contribution is 2.42. The van der Waals surface area contributed by atoms with Gasteiger partial charge in [-0.25, -0.2) is 4.98 Å². The van der Waals surface area contributed by atoms with Crippen molar-refractivity contribution in [3.63, 3.8) is 0 Å². The zero-order valence-electron chi connectivity index (χ0n) is 15.3. The summed E-state index contributed by atoms with van der Waals surface area (Å²) < 4.78 is 6.31. The molecule has 4 heterocycles. The molecule has 29 heavy (non-hydrogen) atoms. The van der Waals surface area contributed by atoms with Crippen LogP contribution in [-0.2, 0) is 0 Å². The van der Waals surface area contributed by atoms with Gasteiger partial charge in [-0.3, -0.25) is 4.57 Å². The van der Waals surface area contributed by atoms with Crippen LogP contribution in [0.1, 0.15) is 0 Å². The first-order chi connectivity index (χ1) is 14.4. The maximum Gasteiger partial charge on any atom is 0.146 e. The zero-order valence-corrected chi connectivity index (χ0v) is 16.9. The van der Waals surface area contributed by atoms with Gasteiger partial charge in [0.2, 0.25) is 0 Å². The second kappa shape index (κ2) is 5.66. The molecule has 0 bridgehead atoms. The van der Waals surface area contributed by atoms with E-state index in [9.17, 15) is 0 Å². The minimum Gasteiger partial charge on any atom is -0.285 e. The Kier molecular flexibility index (Phi) is 3.06. The summed E-state index contributed by atoms with van der Waals surface area (Å²) in [5.74, 6) is 0. The van der Waals surface area contributed by atoms with E-state index in [0.29, 0.717) is 0 Å². The molecule has 0 saturated carbocycles. The van der Waals surface area contributed by atoms with Crippen LogP contribution in [0.15, 0.2) is 85.1 Å². The third kappa shape index (κ3) is 2.07. The third-order valence-electron chi connectivity index (χ3n) is 5.67. The Morgan fingerprint density at radius 1 is 0.621 bits per heavy atom. The molecule has 0 N–H and O–H groups in total. The van der Waals surface area contributed by atoms with E-state index in [2.05, 4.69) is 77.4 Å². The number of aromatic nitrogens is 2. The smallest absolute Gasteiger partial charge is 0.146 e. The summed E-state index contributed by atoms with van der Waals surface area (Å²) in [6.45, 7) is 0. The lowest BCUT2D eigenvalue weighted by Crippen LogP contribution is -1.93. The molecule has 0 saturated heterocycles. The molecule has 0 aliphatic heterocycles. The molecule has 0 atom stereocenters.